The third-order valence-electron chi connectivity index (χ3n) is 4.86. The van der Waals surface area contributed by atoms with Crippen molar-refractivity contribution in [3.8, 4) is 0 Å². The predicted molar refractivity (Wildman–Crippen MR) is 99.1 cm³/mol. The van der Waals surface area contributed by atoms with E-state index in [1.165, 1.54) is 0 Å². The Hall–Kier alpha value is 0.140. The molecule has 0 aliphatic carbocycles. The number of nitrogens with zero attached hydrogens (tertiary/aromatic N) is 4. The summed E-state index contributed by atoms with van der Waals surface area (Å²) in [6.07, 6.45) is 1.24. The molecule has 2 unspecified atom stereocenters. The maximum absolute atomic E-state index is 11.3. The maximum Gasteiger partial charge on any atom is 0.339 e. The molecular formula is C14H32N4O6P2. The summed E-state index contributed by atoms with van der Waals surface area (Å²) in [7, 11) is -8.12. The first-order valence-electron chi connectivity index (χ1n) is 9.09. The summed E-state index contributed by atoms with van der Waals surface area (Å²) < 4.78 is 22.7. The molecule has 2 aliphatic heterocycles. The van der Waals surface area contributed by atoms with E-state index in [0.717, 1.165) is 52.1 Å². The van der Waals surface area contributed by atoms with Crippen molar-refractivity contribution in [3.05, 3.63) is 0 Å². The Morgan fingerprint density at radius 2 is 0.885 bits per heavy atom. The Kier molecular flexibility index (Phi) is 8.69. The fourth-order valence-corrected chi connectivity index (χ4v) is 5.19. The van der Waals surface area contributed by atoms with Gasteiger partial charge in [0, 0.05) is 52.4 Å². The van der Waals surface area contributed by atoms with Crippen LogP contribution in [0.5, 0.6) is 0 Å². The third-order valence-corrected chi connectivity index (χ3v) is 6.40. The van der Waals surface area contributed by atoms with Gasteiger partial charge in [-0.2, -0.15) is 0 Å². The van der Waals surface area contributed by atoms with Crippen molar-refractivity contribution in [2.75, 3.05) is 78.0 Å². The lowest BCUT2D eigenvalue weighted by atomic mass is 10.2. The highest BCUT2D eigenvalue weighted by Gasteiger charge is 2.24. The molecule has 2 rings (SSSR count). The number of hydrogen-bond acceptors (Lipinski definition) is 6. The summed E-state index contributed by atoms with van der Waals surface area (Å²) in [6, 6.07) is 0. The van der Waals surface area contributed by atoms with Gasteiger partial charge in [0.05, 0.1) is 0 Å². The lowest BCUT2D eigenvalue weighted by Crippen LogP contribution is -2.47. The molecule has 0 amide bonds. The summed E-state index contributed by atoms with van der Waals surface area (Å²) in [4.78, 5) is 45.4. The third kappa shape index (κ3) is 9.37. The van der Waals surface area contributed by atoms with Crippen LogP contribution in [0.2, 0.25) is 0 Å². The van der Waals surface area contributed by atoms with E-state index in [0.29, 0.717) is 26.2 Å². The summed E-state index contributed by atoms with van der Waals surface area (Å²) in [5.74, 6) is 0. The Labute approximate surface area is 155 Å². The quantitative estimate of drug-likeness (QED) is 0.437. The van der Waals surface area contributed by atoms with E-state index in [9.17, 15) is 28.7 Å². The fraction of sp³-hybridized carbons (Fsp3) is 1.00. The van der Waals surface area contributed by atoms with E-state index in [-0.39, 0.29) is 12.6 Å². The van der Waals surface area contributed by atoms with Crippen molar-refractivity contribution in [2.45, 2.75) is 12.8 Å². The van der Waals surface area contributed by atoms with Gasteiger partial charge in [0.2, 0.25) is 0 Å². The number of rotatable bonds is 4. The van der Waals surface area contributed by atoms with Crippen LogP contribution < -0.4 is 0 Å². The molecule has 0 spiro atoms. The summed E-state index contributed by atoms with van der Waals surface area (Å²) >= 11 is 0. The molecule has 10 nitrogen and oxygen atoms in total. The van der Waals surface area contributed by atoms with Crippen molar-refractivity contribution in [1.29, 1.82) is 0 Å². The van der Waals surface area contributed by atoms with Crippen LogP contribution in [0.4, 0.5) is 0 Å². The monoisotopic (exact) mass is 414 g/mol. The number of fused-ring (bicyclic) bond motifs is 3. The molecule has 0 radical (unpaired) electrons. The Balaban J connectivity index is 1.99. The minimum absolute atomic E-state index is 0.198. The number of hydrogen-bond donors (Lipinski definition) is 4. The van der Waals surface area contributed by atoms with Crippen LogP contribution in [0.15, 0.2) is 0 Å². The molecule has 12 heteroatoms. The van der Waals surface area contributed by atoms with Crippen LogP contribution in [0.3, 0.4) is 0 Å². The first kappa shape index (κ1) is 22.4. The summed E-state index contributed by atoms with van der Waals surface area (Å²) in [5.41, 5.74) is 0. The lowest BCUT2D eigenvalue weighted by Gasteiger charge is -2.35. The van der Waals surface area contributed by atoms with Gasteiger partial charge in [0.15, 0.2) is 0 Å². The van der Waals surface area contributed by atoms with Crippen LogP contribution in [0.1, 0.15) is 12.8 Å². The van der Waals surface area contributed by atoms with E-state index < -0.39 is 15.2 Å². The van der Waals surface area contributed by atoms with Crippen LogP contribution >= 0.6 is 15.2 Å². The standard InChI is InChI=1S/C14H32N4O6P2/c19-25(20,21)13-17-5-1-3-15-7-8-16(10-11-17)4-2-6-18(12-9-15)14-26(22,23)24/h1-14H2,(H2,19,20,21)(H2,22,23,24). The van der Waals surface area contributed by atoms with Gasteiger partial charge < -0.3 is 29.4 Å². The second-order valence-electron chi connectivity index (χ2n) is 7.24. The molecule has 26 heavy (non-hydrogen) atoms. The molecule has 0 aromatic rings. The van der Waals surface area contributed by atoms with Gasteiger partial charge in [-0.05, 0) is 25.9 Å². The van der Waals surface area contributed by atoms with E-state index in [4.69, 9.17) is 0 Å². The lowest BCUT2D eigenvalue weighted by molar-refractivity contribution is 0.126. The van der Waals surface area contributed by atoms with Gasteiger partial charge in [-0.3, -0.25) is 18.9 Å². The molecule has 2 atom stereocenters. The van der Waals surface area contributed by atoms with Crippen LogP contribution in [-0.2, 0) is 9.13 Å². The molecule has 4 N–H and O–H groups in total. The summed E-state index contributed by atoms with van der Waals surface area (Å²) in [5, 5.41) is 0. The molecule has 2 saturated heterocycles. The van der Waals surface area contributed by atoms with Crippen molar-refractivity contribution < 1.29 is 28.7 Å². The highest BCUT2D eigenvalue weighted by Crippen LogP contribution is 2.35. The first-order valence-corrected chi connectivity index (χ1v) is 12.7. The molecule has 0 aromatic carbocycles. The normalized spacial score (nSPS) is 28.8. The van der Waals surface area contributed by atoms with Gasteiger partial charge in [-0.15, -0.1) is 0 Å². The zero-order valence-corrected chi connectivity index (χ0v) is 17.0. The Bertz CT molecular complexity index is 482. The summed E-state index contributed by atoms with van der Waals surface area (Å²) in [6.45, 7) is 7.45. The van der Waals surface area contributed by atoms with Crippen LogP contribution in [0, 0.1) is 0 Å². The molecule has 2 heterocycles. The topological polar surface area (TPSA) is 128 Å². The fourth-order valence-electron chi connectivity index (χ4n) is 3.58. The minimum Gasteiger partial charge on any atom is -0.324 e. The minimum atomic E-state index is -4.06. The van der Waals surface area contributed by atoms with Crippen LogP contribution in [-0.4, -0.2) is 117 Å². The van der Waals surface area contributed by atoms with Crippen molar-refractivity contribution in [1.82, 2.24) is 19.6 Å². The molecule has 2 bridgehead atoms. The zero-order valence-electron chi connectivity index (χ0n) is 15.2. The Morgan fingerprint density at radius 3 is 1.23 bits per heavy atom. The van der Waals surface area contributed by atoms with Gasteiger partial charge in [-0.1, -0.05) is 0 Å². The predicted octanol–water partition coefficient (Wildman–Crippen LogP) is -0.728. The average Bonchev–Trinajstić information content (AvgIpc) is 2.50. The van der Waals surface area contributed by atoms with E-state index in [1.807, 2.05) is 9.80 Å². The molecule has 0 saturated carbocycles. The smallest absolute Gasteiger partial charge is 0.324 e. The molecule has 0 aromatic heterocycles. The molecule has 2 fully saturated rings. The second kappa shape index (κ2) is 10.1. The largest absolute Gasteiger partial charge is 0.339 e. The average molecular weight is 414 g/mol. The molecular weight excluding hydrogens is 382 g/mol. The zero-order chi connectivity index (χ0) is 19.2. The van der Waals surface area contributed by atoms with E-state index >= 15 is 0 Å². The van der Waals surface area contributed by atoms with E-state index in [1.54, 1.807) is 0 Å². The first-order chi connectivity index (χ1) is 12.1. The highest BCUT2D eigenvalue weighted by atomic mass is 31.2. The molecule has 2 aliphatic rings. The Morgan fingerprint density at radius 1 is 0.538 bits per heavy atom. The second-order valence-corrected chi connectivity index (χ2v) is 10.5. The molecule has 154 valence electrons. The highest BCUT2D eigenvalue weighted by molar-refractivity contribution is 7.51. The van der Waals surface area contributed by atoms with Crippen molar-refractivity contribution in [3.63, 3.8) is 0 Å². The van der Waals surface area contributed by atoms with Crippen LogP contribution in [0.25, 0.3) is 0 Å². The van der Waals surface area contributed by atoms with Gasteiger partial charge in [-0.25, -0.2) is 0 Å². The van der Waals surface area contributed by atoms with Gasteiger partial charge in [0.1, 0.15) is 12.6 Å². The van der Waals surface area contributed by atoms with Gasteiger partial charge in [0.25, 0.3) is 0 Å². The van der Waals surface area contributed by atoms with Crippen molar-refractivity contribution >= 4 is 15.2 Å². The van der Waals surface area contributed by atoms with E-state index in [2.05, 4.69) is 9.80 Å². The maximum atomic E-state index is 11.3. The SMILES string of the molecule is O=P(O)(O)CN1CCCN2CCN(CCCN(CP(=O)(O)O)CC2)CC1. The van der Waals surface area contributed by atoms with Crippen molar-refractivity contribution in [2.24, 2.45) is 0 Å². The van der Waals surface area contributed by atoms with Gasteiger partial charge >= 0.3 is 15.2 Å².